The van der Waals surface area contributed by atoms with Gasteiger partial charge < -0.3 is 19.3 Å². The summed E-state index contributed by atoms with van der Waals surface area (Å²) in [5.74, 6) is -2.30. The van der Waals surface area contributed by atoms with E-state index in [1.807, 2.05) is 83.1 Å². The predicted molar refractivity (Wildman–Crippen MR) is 353 cm³/mol. The minimum Gasteiger partial charge on any atom is -0.481 e. The Morgan fingerprint density at radius 3 is 0.767 bits per heavy atom. The van der Waals surface area contributed by atoms with Crippen molar-refractivity contribution in [2.45, 2.75) is 104 Å². The topological polar surface area (TPSA) is 116 Å². The Morgan fingerprint density at radius 2 is 0.558 bits per heavy atom. The second kappa shape index (κ2) is 26.9. The maximum Gasteiger partial charge on any atom is 0.306 e. The van der Waals surface area contributed by atoms with Crippen LogP contribution in [-0.4, -0.2) is 46.8 Å². The van der Waals surface area contributed by atoms with Gasteiger partial charge >= 0.3 is 23.9 Å². The van der Waals surface area contributed by atoms with E-state index in [2.05, 4.69) is 176 Å². The molecule has 0 heterocycles. The molecule has 12 aromatic rings. The molecular weight excluding hydrogens is 1060 g/mol. The fraction of sp³-hybridized carbons (Fsp3) is 0.205. The summed E-state index contributed by atoms with van der Waals surface area (Å²) in [6.07, 6.45) is 0.725. The summed E-state index contributed by atoms with van der Waals surface area (Å²) in [4.78, 5) is 49.8. The molecule has 0 unspecified atom stereocenters. The number of carbonyl (C=O) groups is 4. The van der Waals surface area contributed by atoms with Crippen LogP contribution in [0.25, 0.3) is 86.2 Å². The van der Waals surface area contributed by atoms with E-state index in [1.165, 1.54) is 5.57 Å². The highest BCUT2D eigenvalue weighted by atomic mass is 16.6. The second-order valence-electron chi connectivity index (χ2n) is 23.4. The number of aliphatic carboxylic acids is 1. The van der Waals surface area contributed by atoms with Crippen LogP contribution in [-0.2, 0) is 59.1 Å². The predicted octanol–water partition coefficient (Wildman–Crippen LogP) is 18.6. The van der Waals surface area contributed by atoms with Gasteiger partial charge in [0, 0.05) is 25.7 Å². The lowest BCUT2D eigenvalue weighted by Crippen LogP contribution is -2.26. The molecule has 0 saturated carbocycles. The van der Waals surface area contributed by atoms with E-state index < -0.39 is 41.7 Å². The Bertz CT molecular complexity index is 4030. The van der Waals surface area contributed by atoms with E-state index in [-0.39, 0.29) is 25.7 Å². The van der Waals surface area contributed by atoms with Gasteiger partial charge in [-0.25, -0.2) is 0 Å². The fourth-order valence-corrected chi connectivity index (χ4v) is 11.8. The van der Waals surface area contributed by atoms with Crippen molar-refractivity contribution in [3.05, 3.63) is 253 Å². The zero-order chi connectivity index (χ0) is 60.3. The number of allylic oxidation sites excluding steroid dienone is 1. The first-order chi connectivity index (χ1) is 41.5. The van der Waals surface area contributed by atoms with Crippen LogP contribution in [0, 0.1) is 0 Å². The smallest absolute Gasteiger partial charge is 0.306 e. The molecular formula is C78H72O8. The van der Waals surface area contributed by atoms with Crippen molar-refractivity contribution >= 4 is 110 Å². The van der Waals surface area contributed by atoms with Crippen LogP contribution in [0.1, 0.15) is 82.6 Å². The largest absolute Gasteiger partial charge is 0.481 e. The number of fused-ring (bicyclic) bond motifs is 8. The average molecular weight is 1140 g/mol. The molecule has 0 spiro atoms. The van der Waals surface area contributed by atoms with Crippen molar-refractivity contribution in [3.63, 3.8) is 0 Å². The lowest BCUT2D eigenvalue weighted by atomic mass is 9.89. The average Bonchev–Trinajstić information content (AvgIpc) is 1.03. The van der Waals surface area contributed by atoms with Gasteiger partial charge in [-0.05, 0) is 167 Å². The Morgan fingerprint density at radius 1 is 0.360 bits per heavy atom. The molecule has 0 atom stereocenters. The molecule has 0 aliphatic rings. The summed E-state index contributed by atoms with van der Waals surface area (Å²) < 4.78 is 17.8. The lowest BCUT2D eigenvalue weighted by Gasteiger charge is -2.23. The number of benzene rings is 12. The van der Waals surface area contributed by atoms with Gasteiger partial charge in [0.2, 0.25) is 0 Å². The Balaban J connectivity index is 0.000000180. The summed E-state index contributed by atoms with van der Waals surface area (Å²) in [5.41, 5.74) is 5.13. The molecule has 8 heteroatoms. The highest BCUT2D eigenvalue weighted by molar-refractivity contribution is 6.06. The first kappa shape index (κ1) is 59.5. The number of carboxylic acid groups (broad SMARTS) is 1. The number of carbonyl (C=O) groups excluding carboxylic acids is 3. The lowest BCUT2D eigenvalue weighted by molar-refractivity contribution is -0.159. The summed E-state index contributed by atoms with van der Waals surface area (Å²) in [7, 11) is 0. The zero-order valence-electron chi connectivity index (χ0n) is 49.6. The molecule has 0 aliphatic heterocycles. The third kappa shape index (κ3) is 14.6. The third-order valence-electron chi connectivity index (χ3n) is 15.4. The minimum atomic E-state index is -1.01. The van der Waals surface area contributed by atoms with Gasteiger partial charge in [0.05, 0.1) is 25.7 Å². The van der Waals surface area contributed by atoms with Crippen LogP contribution in [0.3, 0.4) is 0 Å². The monoisotopic (exact) mass is 1140 g/mol. The molecule has 0 bridgehead atoms. The van der Waals surface area contributed by atoms with Gasteiger partial charge in [-0.3, -0.25) is 19.2 Å². The second-order valence-corrected chi connectivity index (χ2v) is 23.4. The van der Waals surface area contributed by atoms with Crippen molar-refractivity contribution < 1.29 is 38.5 Å². The van der Waals surface area contributed by atoms with E-state index in [1.54, 1.807) is 0 Å². The Hall–Kier alpha value is -9.66. The van der Waals surface area contributed by atoms with Crippen LogP contribution in [0.4, 0.5) is 0 Å². The number of esters is 3. The van der Waals surface area contributed by atoms with Gasteiger partial charge in [-0.15, -0.1) is 6.58 Å². The van der Waals surface area contributed by atoms with E-state index in [0.29, 0.717) is 25.7 Å². The first-order valence-corrected chi connectivity index (χ1v) is 29.6. The van der Waals surface area contributed by atoms with Crippen molar-refractivity contribution in [2.24, 2.45) is 0 Å². The molecule has 12 rings (SSSR count). The molecule has 0 fully saturated rings. The van der Waals surface area contributed by atoms with Gasteiger partial charge in [0.15, 0.2) is 0 Å². The van der Waals surface area contributed by atoms with Crippen molar-refractivity contribution in [2.75, 3.05) is 0 Å². The van der Waals surface area contributed by atoms with Crippen LogP contribution in [0.2, 0.25) is 0 Å². The molecule has 0 aliphatic carbocycles. The van der Waals surface area contributed by atoms with Crippen LogP contribution in [0.15, 0.2) is 231 Å². The van der Waals surface area contributed by atoms with Gasteiger partial charge in [0.1, 0.15) is 17.8 Å². The summed E-state index contributed by atoms with van der Waals surface area (Å²) >= 11 is 0. The number of carboxylic acids is 1. The molecule has 12 aromatic carbocycles. The molecule has 0 radical (unpaired) electrons. The summed E-state index contributed by atoms with van der Waals surface area (Å²) in [6.45, 7) is 13.0. The van der Waals surface area contributed by atoms with E-state index in [0.717, 1.165) is 108 Å². The molecule has 1 N–H and O–H groups in total. The minimum absolute atomic E-state index is 0.0166. The fourth-order valence-electron chi connectivity index (χ4n) is 11.8. The molecule has 86 heavy (non-hydrogen) atoms. The maximum absolute atomic E-state index is 13.3. The standard InChI is InChI=1S/C39H36O4.C35H28O4.C4H8/c1-39(2,3)43-38(41)21-20-37(40)42-30(24-35-31-16-8-4-12-26(31)22-27-13-5-9-17-32(27)35)25-36-33-18-10-6-14-28(33)23-29-15-7-11-19-34(29)36;36-34(37)17-18-35(38)39-27(21-32-28-13-5-1-9-23(28)19-24-10-2-6-14-29(24)32)22-33-30-15-7-3-11-25(30)20-26-12-4-8-16-31(26)33;1-4(2)3/h4-19,22-23,30H,20-21,24-25H2,1-3H3;1-16,19-20,27H,17-18,21-22H2,(H,36,37);1H2,2-3H3. The summed E-state index contributed by atoms with van der Waals surface area (Å²) in [5, 5.41) is 27.4. The van der Waals surface area contributed by atoms with Crippen LogP contribution >= 0.6 is 0 Å². The number of ether oxygens (including phenoxy) is 3. The van der Waals surface area contributed by atoms with Gasteiger partial charge in [0.25, 0.3) is 0 Å². The third-order valence-corrected chi connectivity index (χ3v) is 15.4. The maximum atomic E-state index is 13.3. The highest BCUT2D eigenvalue weighted by Crippen LogP contribution is 2.36. The molecule has 0 aromatic heterocycles. The number of rotatable bonds is 16. The van der Waals surface area contributed by atoms with Crippen molar-refractivity contribution in [1.29, 1.82) is 0 Å². The highest BCUT2D eigenvalue weighted by Gasteiger charge is 2.25. The van der Waals surface area contributed by atoms with Crippen LogP contribution < -0.4 is 0 Å². The van der Waals surface area contributed by atoms with E-state index in [9.17, 15) is 19.2 Å². The molecule has 0 saturated heterocycles. The normalized spacial score (nSPS) is 11.5. The summed E-state index contributed by atoms with van der Waals surface area (Å²) in [6, 6.07) is 75.5. The number of hydrogen-bond acceptors (Lipinski definition) is 7. The van der Waals surface area contributed by atoms with E-state index >= 15 is 0 Å². The molecule has 432 valence electrons. The zero-order valence-corrected chi connectivity index (χ0v) is 49.6. The Labute approximate surface area is 502 Å². The molecule has 8 nitrogen and oxygen atoms in total. The SMILES string of the molecule is C=C(C)C.CC(C)(C)OC(=O)CCC(=O)OC(Cc1c2ccccc2cc2ccccc12)Cc1c2ccccc2cc2ccccc12.O=C(O)CCC(=O)OC(Cc1c2ccccc2cc2ccccc12)Cc1c2ccccc2cc2ccccc12. The number of hydrogen-bond donors (Lipinski definition) is 1. The van der Waals surface area contributed by atoms with Crippen LogP contribution in [0.5, 0.6) is 0 Å². The van der Waals surface area contributed by atoms with Crippen molar-refractivity contribution in [3.8, 4) is 0 Å². The van der Waals surface area contributed by atoms with Crippen molar-refractivity contribution in [1.82, 2.24) is 0 Å². The molecule has 0 amide bonds. The van der Waals surface area contributed by atoms with Gasteiger partial charge in [-0.2, -0.15) is 0 Å². The van der Waals surface area contributed by atoms with Gasteiger partial charge in [-0.1, -0.05) is 200 Å². The quantitative estimate of drug-likeness (QED) is 0.0440. The van der Waals surface area contributed by atoms with E-state index in [4.69, 9.17) is 19.3 Å². The first-order valence-electron chi connectivity index (χ1n) is 29.6. The Kier molecular flexibility index (Phi) is 18.6.